The molecule has 3 atom stereocenters. The summed E-state index contributed by atoms with van der Waals surface area (Å²) >= 11 is 0. The molecule has 0 amide bonds. The maximum Gasteiger partial charge on any atom is 0.186 e. The third-order valence-corrected chi connectivity index (χ3v) is 4.13. The molecule has 0 radical (unpaired) electrons. The average molecular weight is 362 g/mol. The summed E-state index contributed by atoms with van der Waals surface area (Å²) in [5, 5.41) is 17.7. The molecular weight excluding hydrogens is 335 g/mol. The molecule has 2 N–H and O–H groups in total. The van der Waals surface area contributed by atoms with Crippen molar-refractivity contribution in [3.05, 3.63) is 70.8 Å². The van der Waals surface area contributed by atoms with E-state index in [1.54, 1.807) is 0 Å². The monoisotopic (exact) mass is 362 g/mol. The number of alkyl halides is 1. The molecule has 5 heteroatoms. The van der Waals surface area contributed by atoms with Crippen molar-refractivity contribution in [3.63, 3.8) is 0 Å². The molecule has 0 saturated carbocycles. The van der Waals surface area contributed by atoms with Gasteiger partial charge in [-0.1, -0.05) is 59.7 Å². The van der Waals surface area contributed by atoms with E-state index in [0.717, 1.165) is 11.1 Å². The molecule has 3 rings (SSSR count). The largest absolute Gasteiger partial charge is 0.392 e. The molecule has 0 aromatic heterocycles. The Morgan fingerprint density at radius 1 is 1.00 bits per heavy atom. The number of aryl methyl sites for hydroxylation is 2. The van der Waals surface area contributed by atoms with Crippen molar-refractivity contribution in [3.8, 4) is 0 Å². The van der Waals surface area contributed by atoms with Gasteiger partial charge in [-0.3, -0.25) is 0 Å². The van der Waals surface area contributed by atoms with Gasteiger partial charge in [-0.15, -0.1) is 0 Å². The highest BCUT2D eigenvalue weighted by atomic mass is 19.1. The number of hydrogen-bond donors (Lipinski definition) is 2. The van der Waals surface area contributed by atoms with Crippen molar-refractivity contribution in [1.82, 2.24) is 0 Å². The Labute approximate surface area is 154 Å². The first kappa shape index (κ1) is 20.5. The van der Waals surface area contributed by atoms with Crippen LogP contribution in [0.25, 0.3) is 0 Å². The lowest BCUT2D eigenvalue weighted by atomic mass is 10.2. The normalized spacial score (nSPS) is 22.0. The number of halogens is 1. The van der Waals surface area contributed by atoms with Gasteiger partial charge in [0.25, 0.3) is 0 Å². The third kappa shape index (κ3) is 6.84. The summed E-state index contributed by atoms with van der Waals surface area (Å²) < 4.78 is 23.4. The zero-order valence-electron chi connectivity index (χ0n) is 15.3. The van der Waals surface area contributed by atoms with Gasteiger partial charge in [0.2, 0.25) is 0 Å². The molecule has 1 heterocycles. The molecule has 0 aliphatic carbocycles. The highest BCUT2D eigenvalue weighted by molar-refractivity contribution is 5.21. The van der Waals surface area contributed by atoms with Gasteiger partial charge in [0.05, 0.1) is 25.9 Å². The second-order valence-corrected chi connectivity index (χ2v) is 6.54. The van der Waals surface area contributed by atoms with Crippen molar-refractivity contribution in [1.29, 1.82) is 0 Å². The first-order chi connectivity index (χ1) is 12.5. The predicted octanol–water partition coefficient (Wildman–Crippen LogP) is 3.44. The van der Waals surface area contributed by atoms with Gasteiger partial charge in [0.15, 0.2) is 12.5 Å². The van der Waals surface area contributed by atoms with Crippen LogP contribution in [0.3, 0.4) is 0 Å². The highest BCUT2D eigenvalue weighted by Crippen LogP contribution is 2.21. The predicted molar refractivity (Wildman–Crippen MR) is 98.3 cm³/mol. The summed E-state index contributed by atoms with van der Waals surface area (Å²) in [6, 6.07) is 15.9. The summed E-state index contributed by atoms with van der Waals surface area (Å²) in [6.45, 7) is 4.99. The Kier molecular flexibility index (Phi) is 8.19. The van der Waals surface area contributed by atoms with Crippen molar-refractivity contribution in [2.45, 2.75) is 52.0 Å². The van der Waals surface area contributed by atoms with E-state index < -0.39 is 12.5 Å². The molecule has 26 heavy (non-hydrogen) atoms. The van der Waals surface area contributed by atoms with E-state index in [4.69, 9.17) is 19.7 Å². The minimum atomic E-state index is -1.29. The van der Waals surface area contributed by atoms with Crippen LogP contribution in [0.5, 0.6) is 0 Å². The Morgan fingerprint density at radius 3 is 2.00 bits per heavy atom. The summed E-state index contributed by atoms with van der Waals surface area (Å²) in [5.74, 6) is 0. The van der Waals surface area contributed by atoms with E-state index in [0.29, 0.717) is 13.2 Å². The number of rotatable bonds is 5. The second kappa shape index (κ2) is 10.4. The Morgan fingerprint density at radius 2 is 1.54 bits per heavy atom. The third-order valence-electron chi connectivity index (χ3n) is 4.13. The summed E-state index contributed by atoms with van der Waals surface area (Å²) in [6.07, 6.45) is -2.72. The SMILES string of the molecule is Cc1ccc(CO)cc1.Cc1ccc(COCC2CC(F)C(O)O2)cc1. The van der Waals surface area contributed by atoms with Crippen molar-refractivity contribution >= 4 is 0 Å². The molecule has 142 valence electrons. The number of hydrogen-bond acceptors (Lipinski definition) is 4. The van der Waals surface area contributed by atoms with Crippen molar-refractivity contribution in [2.24, 2.45) is 0 Å². The summed E-state index contributed by atoms with van der Waals surface area (Å²) in [7, 11) is 0. The van der Waals surface area contributed by atoms with Gasteiger partial charge < -0.3 is 19.7 Å². The van der Waals surface area contributed by atoms with E-state index in [9.17, 15) is 4.39 Å². The van der Waals surface area contributed by atoms with Gasteiger partial charge in [-0.25, -0.2) is 4.39 Å². The van der Waals surface area contributed by atoms with Gasteiger partial charge in [-0.2, -0.15) is 0 Å². The van der Waals surface area contributed by atoms with Crippen LogP contribution < -0.4 is 0 Å². The van der Waals surface area contributed by atoms with Crippen LogP contribution >= 0.6 is 0 Å². The van der Waals surface area contributed by atoms with E-state index in [1.807, 2.05) is 62.4 Å². The molecule has 2 aromatic carbocycles. The number of benzene rings is 2. The van der Waals surface area contributed by atoms with Crippen LogP contribution in [-0.4, -0.2) is 35.4 Å². The molecule has 2 aromatic rings. The van der Waals surface area contributed by atoms with Crippen LogP contribution in [0.1, 0.15) is 28.7 Å². The maximum atomic E-state index is 12.9. The Hall–Kier alpha value is -1.79. The van der Waals surface area contributed by atoms with Gasteiger partial charge in [0.1, 0.15) is 0 Å². The Bertz CT molecular complexity index is 632. The van der Waals surface area contributed by atoms with Gasteiger partial charge in [0, 0.05) is 6.42 Å². The zero-order valence-corrected chi connectivity index (χ0v) is 15.3. The molecule has 3 unspecified atom stereocenters. The fourth-order valence-electron chi connectivity index (χ4n) is 2.50. The quantitative estimate of drug-likeness (QED) is 0.855. The van der Waals surface area contributed by atoms with Crippen LogP contribution in [-0.2, 0) is 22.7 Å². The molecule has 0 spiro atoms. The van der Waals surface area contributed by atoms with Crippen LogP contribution in [0.4, 0.5) is 4.39 Å². The number of ether oxygens (including phenoxy) is 2. The molecule has 1 fully saturated rings. The van der Waals surface area contributed by atoms with Crippen molar-refractivity contribution < 1.29 is 24.1 Å². The van der Waals surface area contributed by atoms with Crippen LogP contribution in [0.15, 0.2) is 48.5 Å². The minimum absolute atomic E-state index is 0.139. The van der Waals surface area contributed by atoms with E-state index in [2.05, 4.69) is 0 Å². The highest BCUT2D eigenvalue weighted by Gasteiger charge is 2.33. The molecule has 1 aliphatic heterocycles. The molecular formula is C21H27FO4. The lowest BCUT2D eigenvalue weighted by Gasteiger charge is -2.10. The standard InChI is InChI=1S/C13H17FO3.C8H10O/c1-9-2-4-10(5-3-9)7-16-8-11-6-12(14)13(15)17-11;1-7-2-4-8(6-9)5-3-7/h2-5,11-13,15H,6-8H2,1H3;2-5,9H,6H2,1H3. The first-order valence-corrected chi connectivity index (χ1v) is 8.75. The second-order valence-electron chi connectivity index (χ2n) is 6.54. The molecule has 1 aliphatic rings. The van der Waals surface area contributed by atoms with Crippen LogP contribution in [0, 0.1) is 13.8 Å². The van der Waals surface area contributed by atoms with E-state index in [-0.39, 0.29) is 19.1 Å². The maximum absolute atomic E-state index is 12.9. The molecule has 4 nitrogen and oxygen atoms in total. The van der Waals surface area contributed by atoms with E-state index >= 15 is 0 Å². The number of aliphatic hydroxyl groups is 2. The summed E-state index contributed by atoms with van der Waals surface area (Å²) in [4.78, 5) is 0. The first-order valence-electron chi connectivity index (χ1n) is 8.75. The molecule has 1 saturated heterocycles. The Balaban J connectivity index is 0.000000228. The van der Waals surface area contributed by atoms with Crippen LogP contribution in [0.2, 0.25) is 0 Å². The fraction of sp³-hybridized carbons (Fsp3) is 0.429. The lowest BCUT2D eigenvalue weighted by molar-refractivity contribution is -0.126. The average Bonchev–Trinajstić information content (AvgIpc) is 2.96. The zero-order chi connectivity index (χ0) is 18.9. The van der Waals surface area contributed by atoms with Gasteiger partial charge >= 0.3 is 0 Å². The van der Waals surface area contributed by atoms with E-state index in [1.165, 1.54) is 11.1 Å². The smallest absolute Gasteiger partial charge is 0.186 e. The van der Waals surface area contributed by atoms with Gasteiger partial charge in [-0.05, 0) is 25.0 Å². The summed E-state index contributed by atoms with van der Waals surface area (Å²) in [5.41, 5.74) is 4.48. The minimum Gasteiger partial charge on any atom is -0.392 e. The fourth-order valence-corrected chi connectivity index (χ4v) is 2.50. The molecule has 0 bridgehead atoms. The van der Waals surface area contributed by atoms with Crippen molar-refractivity contribution in [2.75, 3.05) is 6.61 Å². The lowest BCUT2D eigenvalue weighted by Crippen LogP contribution is -2.17. The number of aliphatic hydroxyl groups excluding tert-OH is 2. The topological polar surface area (TPSA) is 58.9 Å².